The number of hydrogen-bond acceptors (Lipinski definition) is 3. The smallest absolute Gasteiger partial charge is 0.240 e. The lowest BCUT2D eigenvalue weighted by Gasteiger charge is -2.28. The van der Waals surface area contributed by atoms with Gasteiger partial charge in [-0.15, -0.1) is 0 Å². The molecule has 1 heterocycles. The third-order valence-electron chi connectivity index (χ3n) is 4.98. The van der Waals surface area contributed by atoms with Gasteiger partial charge < -0.3 is 4.90 Å². The Kier molecular flexibility index (Phi) is 5.99. The van der Waals surface area contributed by atoms with Crippen molar-refractivity contribution in [3.05, 3.63) is 59.2 Å². The maximum atomic E-state index is 12.5. The van der Waals surface area contributed by atoms with E-state index in [2.05, 4.69) is 33.9 Å². The van der Waals surface area contributed by atoms with Gasteiger partial charge in [0.05, 0.1) is 4.90 Å². The fourth-order valence-corrected chi connectivity index (χ4v) is 4.79. The lowest BCUT2D eigenvalue weighted by atomic mass is 10.1. The van der Waals surface area contributed by atoms with Crippen molar-refractivity contribution in [2.75, 3.05) is 24.5 Å². The maximum absolute atomic E-state index is 12.5. The van der Waals surface area contributed by atoms with Crippen LogP contribution in [0.1, 0.15) is 36.0 Å². The van der Waals surface area contributed by atoms with Crippen molar-refractivity contribution in [1.82, 2.24) is 4.72 Å². The van der Waals surface area contributed by atoms with Gasteiger partial charge in [0, 0.05) is 25.3 Å². The lowest BCUT2D eigenvalue weighted by molar-refractivity contribution is 0.577. The molecule has 0 bridgehead atoms. The second kappa shape index (κ2) is 8.23. The van der Waals surface area contributed by atoms with E-state index in [0.717, 1.165) is 29.8 Å². The third kappa shape index (κ3) is 4.65. The SMILES string of the molecule is Cc1ccc(S(=O)(=O)NCCc2ccc(N3CCCCC3)cc2)c(C)c1. The number of piperidine rings is 1. The Hall–Kier alpha value is -1.85. The molecule has 1 aliphatic heterocycles. The second-order valence-electron chi connectivity index (χ2n) is 7.13. The zero-order valence-electron chi connectivity index (χ0n) is 15.7. The molecular formula is C21H28N2O2S. The van der Waals surface area contributed by atoms with Gasteiger partial charge in [0.2, 0.25) is 10.0 Å². The van der Waals surface area contributed by atoms with Crippen molar-refractivity contribution < 1.29 is 8.42 Å². The molecule has 140 valence electrons. The van der Waals surface area contributed by atoms with Gasteiger partial charge in [0.25, 0.3) is 0 Å². The second-order valence-corrected chi connectivity index (χ2v) is 8.87. The number of nitrogens with one attached hydrogen (secondary N) is 1. The first-order chi connectivity index (χ1) is 12.5. The average Bonchev–Trinajstić information content (AvgIpc) is 2.62. The van der Waals surface area contributed by atoms with E-state index in [-0.39, 0.29) is 0 Å². The molecule has 1 fully saturated rings. The molecule has 5 heteroatoms. The summed E-state index contributed by atoms with van der Waals surface area (Å²) in [7, 11) is -3.46. The first-order valence-electron chi connectivity index (χ1n) is 9.36. The number of hydrogen-bond donors (Lipinski definition) is 1. The number of anilines is 1. The molecule has 0 aromatic heterocycles. The Morgan fingerprint density at radius 2 is 1.65 bits per heavy atom. The number of benzene rings is 2. The van der Waals surface area contributed by atoms with Crippen LogP contribution >= 0.6 is 0 Å². The van der Waals surface area contributed by atoms with Crippen LogP contribution in [0.25, 0.3) is 0 Å². The Labute approximate surface area is 157 Å². The van der Waals surface area contributed by atoms with Crippen molar-refractivity contribution >= 4 is 15.7 Å². The van der Waals surface area contributed by atoms with Gasteiger partial charge in [-0.1, -0.05) is 29.8 Å². The Balaban J connectivity index is 1.57. The summed E-state index contributed by atoms with van der Waals surface area (Å²) in [6.45, 7) is 6.47. The van der Waals surface area contributed by atoms with E-state index in [1.54, 1.807) is 6.07 Å². The predicted molar refractivity (Wildman–Crippen MR) is 107 cm³/mol. The quantitative estimate of drug-likeness (QED) is 0.839. The predicted octanol–water partition coefficient (Wildman–Crippen LogP) is 3.81. The van der Waals surface area contributed by atoms with Crippen LogP contribution in [-0.4, -0.2) is 28.1 Å². The normalized spacial score (nSPS) is 15.2. The van der Waals surface area contributed by atoms with Crippen molar-refractivity contribution in [2.24, 2.45) is 0 Å². The minimum Gasteiger partial charge on any atom is -0.372 e. The van der Waals surface area contributed by atoms with Crippen LogP contribution in [0.5, 0.6) is 0 Å². The molecule has 2 aromatic rings. The summed E-state index contributed by atoms with van der Waals surface area (Å²) >= 11 is 0. The minimum atomic E-state index is -3.46. The van der Waals surface area contributed by atoms with Gasteiger partial charge in [-0.3, -0.25) is 0 Å². The van der Waals surface area contributed by atoms with Crippen LogP contribution in [0.15, 0.2) is 47.4 Å². The van der Waals surface area contributed by atoms with E-state index in [9.17, 15) is 8.42 Å². The molecule has 26 heavy (non-hydrogen) atoms. The molecule has 0 amide bonds. The van der Waals surface area contributed by atoms with E-state index in [1.807, 2.05) is 26.0 Å². The molecule has 1 N–H and O–H groups in total. The van der Waals surface area contributed by atoms with Crippen LogP contribution in [-0.2, 0) is 16.4 Å². The molecule has 1 saturated heterocycles. The van der Waals surface area contributed by atoms with E-state index >= 15 is 0 Å². The van der Waals surface area contributed by atoms with Crippen molar-refractivity contribution in [2.45, 2.75) is 44.4 Å². The standard InChI is InChI=1S/C21H28N2O2S/c1-17-6-11-21(18(2)16-17)26(24,25)22-13-12-19-7-9-20(10-8-19)23-14-4-3-5-15-23/h6-11,16,22H,3-5,12-15H2,1-2H3. The maximum Gasteiger partial charge on any atom is 0.240 e. The average molecular weight is 373 g/mol. The summed E-state index contributed by atoms with van der Waals surface area (Å²) in [5.74, 6) is 0. The molecule has 0 unspecified atom stereocenters. The molecule has 0 aliphatic carbocycles. The molecule has 0 spiro atoms. The van der Waals surface area contributed by atoms with Crippen LogP contribution in [0, 0.1) is 13.8 Å². The fraction of sp³-hybridized carbons (Fsp3) is 0.429. The van der Waals surface area contributed by atoms with Gasteiger partial charge in [-0.2, -0.15) is 0 Å². The summed E-state index contributed by atoms with van der Waals surface area (Å²) in [4.78, 5) is 2.79. The van der Waals surface area contributed by atoms with Crippen molar-refractivity contribution in [1.29, 1.82) is 0 Å². The minimum absolute atomic E-state index is 0.364. The lowest BCUT2D eigenvalue weighted by Crippen LogP contribution is -2.29. The van der Waals surface area contributed by atoms with E-state index in [0.29, 0.717) is 17.9 Å². The highest BCUT2D eigenvalue weighted by atomic mass is 32.2. The van der Waals surface area contributed by atoms with E-state index in [4.69, 9.17) is 0 Å². The number of rotatable bonds is 6. The summed E-state index contributed by atoms with van der Waals surface area (Å²) < 4.78 is 27.7. The van der Waals surface area contributed by atoms with Crippen molar-refractivity contribution in [3.63, 3.8) is 0 Å². The van der Waals surface area contributed by atoms with Crippen LogP contribution in [0.4, 0.5) is 5.69 Å². The Bertz CT molecular complexity index is 839. The Morgan fingerprint density at radius 1 is 0.962 bits per heavy atom. The highest BCUT2D eigenvalue weighted by molar-refractivity contribution is 7.89. The number of sulfonamides is 1. The molecule has 0 saturated carbocycles. The summed E-state index contributed by atoms with van der Waals surface area (Å²) in [6.07, 6.45) is 4.55. The van der Waals surface area contributed by atoms with Crippen molar-refractivity contribution in [3.8, 4) is 0 Å². The summed E-state index contributed by atoms with van der Waals surface area (Å²) in [5.41, 5.74) is 4.26. The highest BCUT2D eigenvalue weighted by Crippen LogP contribution is 2.20. The molecule has 4 nitrogen and oxygen atoms in total. The zero-order valence-corrected chi connectivity index (χ0v) is 16.5. The zero-order chi connectivity index (χ0) is 18.6. The monoisotopic (exact) mass is 372 g/mol. The van der Waals surface area contributed by atoms with Gasteiger partial charge in [-0.05, 0) is 68.9 Å². The molecule has 2 aromatic carbocycles. The first kappa shape index (κ1) is 18.9. The largest absolute Gasteiger partial charge is 0.372 e. The first-order valence-corrected chi connectivity index (χ1v) is 10.8. The van der Waals surface area contributed by atoms with Crippen LogP contribution < -0.4 is 9.62 Å². The third-order valence-corrected chi connectivity index (χ3v) is 6.60. The van der Waals surface area contributed by atoms with Crippen LogP contribution in [0.3, 0.4) is 0 Å². The van der Waals surface area contributed by atoms with Gasteiger partial charge in [0.15, 0.2) is 0 Å². The highest BCUT2D eigenvalue weighted by Gasteiger charge is 2.16. The number of aryl methyl sites for hydroxylation is 2. The Morgan fingerprint density at radius 3 is 2.31 bits per heavy atom. The molecule has 1 aliphatic rings. The van der Waals surface area contributed by atoms with E-state index < -0.39 is 10.0 Å². The fourth-order valence-electron chi connectivity index (χ4n) is 3.53. The molecular weight excluding hydrogens is 344 g/mol. The van der Waals surface area contributed by atoms with Crippen LogP contribution in [0.2, 0.25) is 0 Å². The van der Waals surface area contributed by atoms with E-state index in [1.165, 1.54) is 24.9 Å². The molecule has 0 radical (unpaired) electrons. The summed E-state index contributed by atoms with van der Waals surface area (Å²) in [5, 5.41) is 0. The topological polar surface area (TPSA) is 49.4 Å². The van der Waals surface area contributed by atoms with Gasteiger partial charge in [-0.25, -0.2) is 13.1 Å². The number of nitrogens with zero attached hydrogens (tertiary/aromatic N) is 1. The van der Waals surface area contributed by atoms with Gasteiger partial charge >= 0.3 is 0 Å². The van der Waals surface area contributed by atoms with Gasteiger partial charge in [0.1, 0.15) is 0 Å². The molecule has 0 atom stereocenters. The summed E-state index contributed by atoms with van der Waals surface area (Å²) in [6, 6.07) is 13.9. The molecule has 3 rings (SSSR count).